The number of nitrogens with zero attached hydrogens (tertiary/aromatic N) is 2. The van der Waals surface area contributed by atoms with E-state index in [4.69, 9.17) is 5.11 Å². The Labute approximate surface area is 101 Å². The number of amides is 1. The highest BCUT2D eigenvalue weighted by Gasteiger charge is 2.20. The Kier molecular flexibility index (Phi) is 3.10. The maximum absolute atomic E-state index is 10.9. The van der Waals surface area contributed by atoms with Crippen LogP contribution in [0.1, 0.15) is 12.6 Å². The normalized spacial score (nSPS) is 12.5. The van der Waals surface area contributed by atoms with E-state index in [2.05, 4.69) is 10.3 Å². The summed E-state index contributed by atoms with van der Waals surface area (Å²) < 4.78 is 1.83. The number of hydrogen-bond acceptors (Lipinski definition) is 4. The van der Waals surface area contributed by atoms with Crippen LogP contribution in [0.3, 0.4) is 0 Å². The van der Waals surface area contributed by atoms with Crippen molar-refractivity contribution in [2.75, 3.05) is 0 Å². The molecule has 2 rings (SSSR count). The lowest BCUT2D eigenvalue weighted by atomic mass is 10.1. The molecule has 0 bridgehead atoms. The van der Waals surface area contributed by atoms with Gasteiger partial charge in [-0.2, -0.15) is 0 Å². The van der Waals surface area contributed by atoms with Gasteiger partial charge in [0.05, 0.1) is 5.69 Å². The number of fused-ring (bicyclic) bond motifs is 1. The molecular weight excluding hydrogens is 242 g/mol. The van der Waals surface area contributed by atoms with Gasteiger partial charge in [0.1, 0.15) is 6.04 Å². The summed E-state index contributed by atoms with van der Waals surface area (Å²) in [7, 11) is 0. The molecule has 2 aromatic rings. The van der Waals surface area contributed by atoms with E-state index in [1.807, 2.05) is 16.0 Å². The molecule has 0 aliphatic rings. The SMILES string of the molecule is CC(=O)NC(Cc1cn2ccsc2n1)C(=O)O. The first-order chi connectivity index (χ1) is 8.06. The molecule has 17 heavy (non-hydrogen) atoms. The molecule has 0 aliphatic carbocycles. The number of hydrogen-bond donors (Lipinski definition) is 2. The van der Waals surface area contributed by atoms with Crippen LogP contribution in [-0.2, 0) is 16.0 Å². The van der Waals surface area contributed by atoms with Crippen molar-refractivity contribution in [1.29, 1.82) is 0 Å². The number of rotatable bonds is 4. The summed E-state index contributed by atoms with van der Waals surface area (Å²) in [5, 5.41) is 13.2. The van der Waals surface area contributed by atoms with Crippen molar-refractivity contribution >= 4 is 28.2 Å². The third-order valence-corrected chi connectivity index (χ3v) is 3.00. The van der Waals surface area contributed by atoms with Crippen LogP contribution in [0, 0.1) is 0 Å². The number of carboxylic acid groups (broad SMARTS) is 1. The van der Waals surface area contributed by atoms with Crippen molar-refractivity contribution in [3.63, 3.8) is 0 Å². The van der Waals surface area contributed by atoms with Gasteiger partial charge < -0.3 is 10.4 Å². The summed E-state index contributed by atoms with van der Waals surface area (Å²) in [6.45, 7) is 1.29. The second-order valence-electron chi connectivity index (χ2n) is 3.62. The number of carbonyl (C=O) groups is 2. The molecule has 0 saturated carbocycles. The Morgan fingerprint density at radius 2 is 2.41 bits per heavy atom. The van der Waals surface area contributed by atoms with E-state index in [9.17, 15) is 9.59 Å². The van der Waals surface area contributed by atoms with Gasteiger partial charge in [0, 0.05) is 31.1 Å². The van der Waals surface area contributed by atoms with E-state index in [1.165, 1.54) is 18.3 Å². The predicted molar refractivity (Wildman–Crippen MR) is 62.0 cm³/mol. The smallest absolute Gasteiger partial charge is 0.326 e. The van der Waals surface area contributed by atoms with Crippen LogP contribution in [0.15, 0.2) is 17.8 Å². The summed E-state index contributed by atoms with van der Waals surface area (Å²) in [4.78, 5) is 26.9. The van der Waals surface area contributed by atoms with Crippen molar-refractivity contribution in [2.45, 2.75) is 19.4 Å². The van der Waals surface area contributed by atoms with E-state index in [1.54, 1.807) is 6.20 Å². The fourth-order valence-corrected chi connectivity index (χ4v) is 2.25. The van der Waals surface area contributed by atoms with Gasteiger partial charge in [-0.15, -0.1) is 11.3 Å². The molecule has 0 radical (unpaired) electrons. The van der Waals surface area contributed by atoms with Crippen LogP contribution in [0.2, 0.25) is 0 Å². The van der Waals surface area contributed by atoms with Gasteiger partial charge in [-0.1, -0.05) is 0 Å². The Bertz CT molecular complexity index is 531. The number of aliphatic carboxylic acids is 1. The summed E-state index contributed by atoms with van der Waals surface area (Å²) in [5.41, 5.74) is 0.651. The molecule has 2 aromatic heterocycles. The van der Waals surface area contributed by atoms with Crippen molar-refractivity contribution < 1.29 is 14.7 Å². The zero-order valence-corrected chi connectivity index (χ0v) is 9.90. The van der Waals surface area contributed by atoms with Crippen molar-refractivity contribution in [3.8, 4) is 0 Å². The number of carbonyl (C=O) groups excluding carboxylic acids is 1. The zero-order chi connectivity index (χ0) is 12.4. The highest BCUT2D eigenvalue weighted by molar-refractivity contribution is 7.15. The molecule has 0 fully saturated rings. The summed E-state index contributed by atoms with van der Waals surface area (Å²) in [5.74, 6) is -1.42. The standard InChI is InChI=1S/C10H11N3O3S/c1-6(14)11-8(9(15)16)4-7-5-13-2-3-17-10(13)12-7/h2-3,5,8H,4H2,1H3,(H,11,14)(H,15,16). The Balaban J connectivity index is 2.14. The van der Waals surface area contributed by atoms with Crippen molar-refractivity contribution in [3.05, 3.63) is 23.5 Å². The van der Waals surface area contributed by atoms with Gasteiger partial charge in [0.2, 0.25) is 5.91 Å². The molecular formula is C10H11N3O3S. The quantitative estimate of drug-likeness (QED) is 0.832. The minimum atomic E-state index is -1.06. The highest BCUT2D eigenvalue weighted by atomic mass is 32.1. The van der Waals surface area contributed by atoms with E-state index in [0.717, 1.165) is 4.96 Å². The molecule has 1 amide bonds. The third kappa shape index (κ3) is 2.62. The first-order valence-corrected chi connectivity index (χ1v) is 5.85. The summed E-state index contributed by atoms with van der Waals surface area (Å²) >= 11 is 1.47. The lowest BCUT2D eigenvalue weighted by Gasteiger charge is -2.11. The molecule has 0 spiro atoms. The maximum atomic E-state index is 10.9. The van der Waals surface area contributed by atoms with Gasteiger partial charge in [0.15, 0.2) is 4.96 Å². The van der Waals surface area contributed by atoms with Crippen LogP contribution in [0.4, 0.5) is 0 Å². The Morgan fingerprint density at radius 3 is 3.00 bits per heavy atom. The molecule has 90 valence electrons. The average molecular weight is 253 g/mol. The van der Waals surface area contributed by atoms with E-state index >= 15 is 0 Å². The molecule has 0 saturated heterocycles. The van der Waals surface area contributed by atoms with E-state index in [0.29, 0.717) is 5.69 Å². The van der Waals surface area contributed by atoms with Crippen LogP contribution < -0.4 is 5.32 Å². The largest absolute Gasteiger partial charge is 0.480 e. The maximum Gasteiger partial charge on any atom is 0.326 e. The molecule has 2 N–H and O–H groups in total. The first kappa shape index (κ1) is 11.6. The number of carboxylic acids is 1. The molecule has 2 heterocycles. The fourth-order valence-electron chi connectivity index (χ4n) is 1.53. The van der Waals surface area contributed by atoms with Gasteiger partial charge in [-0.25, -0.2) is 9.78 Å². The Hall–Kier alpha value is -1.89. The average Bonchev–Trinajstić information content (AvgIpc) is 2.75. The number of aromatic nitrogens is 2. The Morgan fingerprint density at radius 1 is 1.65 bits per heavy atom. The molecule has 1 atom stereocenters. The topological polar surface area (TPSA) is 83.7 Å². The zero-order valence-electron chi connectivity index (χ0n) is 9.08. The van der Waals surface area contributed by atoms with E-state index < -0.39 is 12.0 Å². The fraction of sp³-hybridized carbons (Fsp3) is 0.300. The third-order valence-electron chi connectivity index (χ3n) is 2.23. The molecule has 7 heteroatoms. The van der Waals surface area contributed by atoms with Crippen molar-refractivity contribution in [1.82, 2.24) is 14.7 Å². The first-order valence-electron chi connectivity index (χ1n) is 4.97. The van der Waals surface area contributed by atoms with Gasteiger partial charge in [-0.05, 0) is 0 Å². The van der Waals surface area contributed by atoms with Gasteiger partial charge in [0.25, 0.3) is 0 Å². The monoisotopic (exact) mass is 253 g/mol. The molecule has 1 unspecified atom stereocenters. The second kappa shape index (κ2) is 4.54. The number of thiazole rings is 1. The van der Waals surface area contributed by atoms with Gasteiger partial charge in [-0.3, -0.25) is 9.20 Å². The van der Waals surface area contributed by atoms with Crippen LogP contribution in [-0.4, -0.2) is 32.4 Å². The number of nitrogens with one attached hydrogen (secondary N) is 1. The molecule has 0 aliphatic heterocycles. The second-order valence-corrected chi connectivity index (χ2v) is 4.49. The lowest BCUT2D eigenvalue weighted by Crippen LogP contribution is -2.41. The number of imidazole rings is 1. The van der Waals surface area contributed by atoms with Crippen LogP contribution >= 0.6 is 11.3 Å². The summed E-state index contributed by atoms with van der Waals surface area (Å²) in [6, 6.07) is -0.933. The highest BCUT2D eigenvalue weighted by Crippen LogP contribution is 2.12. The van der Waals surface area contributed by atoms with Crippen molar-refractivity contribution in [2.24, 2.45) is 0 Å². The van der Waals surface area contributed by atoms with E-state index in [-0.39, 0.29) is 12.3 Å². The molecule has 0 aromatic carbocycles. The predicted octanol–water partition coefficient (Wildman–Crippen LogP) is 0.528. The van der Waals surface area contributed by atoms with Crippen LogP contribution in [0.25, 0.3) is 4.96 Å². The minimum Gasteiger partial charge on any atom is -0.480 e. The summed E-state index contributed by atoms with van der Waals surface area (Å²) in [6.07, 6.45) is 3.80. The van der Waals surface area contributed by atoms with Crippen LogP contribution in [0.5, 0.6) is 0 Å². The minimum absolute atomic E-state index is 0.184. The molecule has 6 nitrogen and oxygen atoms in total. The lowest BCUT2D eigenvalue weighted by molar-refractivity contribution is -0.141. The van der Waals surface area contributed by atoms with Gasteiger partial charge >= 0.3 is 5.97 Å².